The first-order chi connectivity index (χ1) is 11.2. The van der Waals surface area contributed by atoms with E-state index in [1.54, 1.807) is 13.3 Å². The third kappa shape index (κ3) is 4.17. The van der Waals surface area contributed by atoms with Gasteiger partial charge >= 0.3 is 0 Å². The molecule has 0 radical (unpaired) electrons. The fourth-order valence-electron chi connectivity index (χ4n) is 1.93. The molecule has 0 aliphatic rings. The quantitative estimate of drug-likeness (QED) is 0.745. The SMILES string of the molecule is COc1ccc(Oc2cc(CNc3nc(C)ns3)ccn2)cc1. The van der Waals surface area contributed by atoms with Crippen molar-refractivity contribution in [2.75, 3.05) is 12.4 Å². The number of ether oxygens (including phenoxy) is 2. The molecule has 1 aromatic carbocycles. The number of pyridine rings is 1. The summed E-state index contributed by atoms with van der Waals surface area (Å²) in [6.07, 6.45) is 1.72. The van der Waals surface area contributed by atoms with Gasteiger partial charge in [0.1, 0.15) is 17.3 Å². The van der Waals surface area contributed by atoms with Gasteiger partial charge in [-0.3, -0.25) is 0 Å². The van der Waals surface area contributed by atoms with Gasteiger partial charge in [-0.1, -0.05) is 0 Å². The van der Waals surface area contributed by atoms with Gasteiger partial charge in [-0.25, -0.2) is 9.97 Å². The van der Waals surface area contributed by atoms with E-state index in [1.165, 1.54) is 11.5 Å². The van der Waals surface area contributed by atoms with E-state index in [-0.39, 0.29) is 0 Å². The van der Waals surface area contributed by atoms with Crippen molar-refractivity contribution in [3.05, 3.63) is 54.0 Å². The van der Waals surface area contributed by atoms with Gasteiger partial charge in [-0.05, 0) is 42.8 Å². The van der Waals surface area contributed by atoms with Gasteiger partial charge in [0.15, 0.2) is 0 Å². The van der Waals surface area contributed by atoms with Crippen LogP contribution in [0.2, 0.25) is 0 Å². The summed E-state index contributed by atoms with van der Waals surface area (Å²) in [7, 11) is 1.63. The Morgan fingerprint density at radius 3 is 2.61 bits per heavy atom. The minimum atomic E-state index is 0.544. The van der Waals surface area contributed by atoms with E-state index in [9.17, 15) is 0 Å². The predicted octanol–water partition coefficient (Wildman–Crippen LogP) is 3.65. The Kier molecular flexibility index (Phi) is 4.68. The number of anilines is 1. The highest BCUT2D eigenvalue weighted by Gasteiger charge is 2.03. The Morgan fingerprint density at radius 1 is 1.13 bits per heavy atom. The molecule has 7 heteroatoms. The van der Waals surface area contributed by atoms with Crippen LogP contribution in [0.15, 0.2) is 42.6 Å². The normalized spacial score (nSPS) is 10.3. The van der Waals surface area contributed by atoms with Crippen molar-refractivity contribution >= 4 is 16.7 Å². The lowest BCUT2D eigenvalue weighted by molar-refractivity contribution is 0.412. The smallest absolute Gasteiger partial charge is 0.219 e. The second-order valence-electron chi connectivity index (χ2n) is 4.78. The van der Waals surface area contributed by atoms with Crippen LogP contribution in [0.1, 0.15) is 11.4 Å². The topological polar surface area (TPSA) is 69.2 Å². The first kappa shape index (κ1) is 15.2. The fraction of sp³-hybridized carbons (Fsp3) is 0.188. The van der Waals surface area contributed by atoms with Crippen LogP contribution in [0.3, 0.4) is 0 Å². The molecule has 0 unspecified atom stereocenters. The number of hydrogen-bond acceptors (Lipinski definition) is 7. The summed E-state index contributed by atoms with van der Waals surface area (Å²) in [5, 5.41) is 4.04. The van der Waals surface area contributed by atoms with E-state index in [2.05, 4.69) is 19.7 Å². The number of aryl methyl sites for hydroxylation is 1. The molecule has 0 spiro atoms. The summed E-state index contributed by atoms with van der Waals surface area (Å²) in [6, 6.07) is 11.2. The molecule has 0 atom stereocenters. The average Bonchev–Trinajstić information content (AvgIpc) is 3.00. The van der Waals surface area contributed by atoms with E-state index < -0.39 is 0 Å². The molecule has 118 valence electrons. The monoisotopic (exact) mass is 328 g/mol. The molecule has 0 aliphatic carbocycles. The zero-order valence-corrected chi connectivity index (χ0v) is 13.6. The van der Waals surface area contributed by atoms with Crippen LogP contribution < -0.4 is 14.8 Å². The lowest BCUT2D eigenvalue weighted by Crippen LogP contribution is -2.00. The van der Waals surface area contributed by atoms with Gasteiger partial charge in [0, 0.05) is 30.3 Å². The Morgan fingerprint density at radius 2 is 1.91 bits per heavy atom. The van der Waals surface area contributed by atoms with E-state index in [1.807, 2.05) is 43.3 Å². The fourth-order valence-corrected chi connectivity index (χ4v) is 2.50. The summed E-state index contributed by atoms with van der Waals surface area (Å²) in [5.41, 5.74) is 1.05. The van der Waals surface area contributed by atoms with E-state index >= 15 is 0 Å². The summed E-state index contributed by atoms with van der Waals surface area (Å²) < 4.78 is 15.0. The van der Waals surface area contributed by atoms with Crippen LogP contribution in [-0.2, 0) is 6.54 Å². The highest BCUT2D eigenvalue weighted by atomic mass is 32.1. The minimum absolute atomic E-state index is 0.544. The number of hydrogen-bond donors (Lipinski definition) is 1. The second kappa shape index (κ2) is 7.06. The lowest BCUT2D eigenvalue weighted by Gasteiger charge is -2.07. The van der Waals surface area contributed by atoms with Crippen LogP contribution >= 0.6 is 11.5 Å². The maximum absolute atomic E-state index is 5.75. The Balaban J connectivity index is 1.64. The number of rotatable bonds is 6. The highest BCUT2D eigenvalue weighted by Crippen LogP contribution is 2.23. The van der Waals surface area contributed by atoms with Gasteiger partial charge in [-0.2, -0.15) is 4.37 Å². The molecule has 0 saturated heterocycles. The minimum Gasteiger partial charge on any atom is -0.497 e. The van der Waals surface area contributed by atoms with Crippen molar-refractivity contribution in [1.29, 1.82) is 0 Å². The van der Waals surface area contributed by atoms with Crippen LogP contribution in [0.25, 0.3) is 0 Å². The molecule has 3 rings (SSSR count). The average molecular weight is 328 g/mol. The highest BCUT2D eigenvalue weighted by molar-refractivity contribution is 7.09. The summed E-state index contributed by atoms with van der Waals surface area (Å²) >= 11 is 1.35. The molecule has 0 bridgehead atoms. The third-order valence-corrected chi connectivity index (χ3v) is 3.82. The van der Waals surface area contributed by atoms with Crippen LogP contribution in [0.4, 0.5) is 5.13 Å². The van der Waals surface area contributed by atoms with Crippen molar-refractivity contribution in [1.82, 2.24) is 14.3 Å². The summed E-state index contributed by atoms with van der Waals surface area (Å²) in [5.74, 6) is 2.82. The zero-order valence-electron chi connectivity index (χ0n) is 12.8. The largest absolute Gasteiger partial charge is 0.497 e. The number of aromatic nitrogens is 3. The Bertz CT molecular complexity index is 774. The second-order valence-corrected chi connectivity index (χ2v) is 5.53. The van der Waals surface area contributed by atoms with E-state index in [0.717, 1.165) is 22.3 Å². The molecule has 3 aromatic rings. The van der Waals surface area contributed by atoms with Crippen molar-refractivity contribution in [3.63, 3.8) is 0 Å². The maximum Gasteiger partial charge on any atom is 0.219 e. The van der Waals surface area contributed by atoms with Gasteiger partial charge in [0.25, 0.3) is 0 Å². The molecule has 0 saturated carbocycles. The number of nitrogens with zero attached hydrogens (tertiary/aromatic N) is 3. The number of benzene rings is 1. The first-order valence-corrected chi connectivity index (χ1v) is 7.81. The number of nitrogens with one attached hydrogen (secondary N) is 1. The lowest BCUT2D eigenvalue weighted by atomic mass is 10.2. The van der Waals surface area contributed by atoms with Crippen molar-refractivity contribution < 1.29 is 9.47 Å². The standard InChI is InChI=1S/C16H16N4O2S/c1-11-19-16(23-20-11)18-10-12-7-8-17-15(9-12)22-14-5-3-13(21-2)4-6-14/h3-9H,10H2,1-2H3,(H,18,19,20). The Hall–Kier alpha value is -2.67. The molecule has 2 aromatic heterocycles. The molecule has 6 nitrogen and oxygen atoms in total. The molecule has 0 amide bonds. The van der Waals surface area contributed by atoms with Gasteiger partial charge in [0.2, 0.25) is 11.0 Å². The number of methoxy groups -OCH3 is 1. The van der Waals surface area contributed by atoms with Gasteiger partial charge in [0.05, 0.1) is 7.11 Å². The molecular weight excluding hydrogens is 312 g/mol. The van der Waals surface area contributed by atoms with Crippen molar-refractivity contribution in [2.24, 2.45) is 0 Å². The third-order valence-electron chi connectivity index (χ3n) is 3.05. The van der Waals surface area contributed by atoms with Crippen molar-refractivity contribution in [2.45, 2.75) is 13.5 Å². The van der Waals surface area contributed by atoms with Crippen LogP contribution in [-0.4, -0.2) is 21.5 Å². The van der Waals surface area contributed by atoms with E-state index in [0.29, 0.717) is 18.2 Å². The maximum atomic E-state index is 5.75. The molecule has 0 fully saturated rings. The molecule has 2 heterocycles. The molecule has 1 N–H and O–H groups in total. The molecule has 0 aliphatic heterocycles. The summed E-state index contributed by atoms with van der Waals surface area (Å²) in [4.78, 5) is 8.50. The van der Waals surface area contributed by atoms with Crippen molar-refractivity contribution in [3.8, 4) is 17.4 Å². The predicted molar refractivity (Wildman–Crippen MR) is 89.3 cm³/mol. The van der Waals surface area contributed by atoms with E-state index in [4.69, 9.17) is 9.47 Å². The van der Waals surface area contributed by atoms with Crippen LogP contribution in [0.5, 0.6) is 17.4 Å². The molecular formula is C16H16N4O2S. The molecule has 23 heavy (non-hydrogen) atoms. The Labute approximate surface area is 138 Å². The van der Waals surface area contributed by atoms with Crippen LogP contribution in [0, 0.1) is 6.92 Å². The van der Waals surface area contributed by atoms with Gasteiger partial charge in [-0.15, -0.1) is 0 Å². The zero-order chi connectivity index (χ0) is 16.1. The summed E-state index contributed by atoms with van der Waals surface area (Å²) in [6.45, 7) is 2.51. The van der Waals surface area contributed by atoms with Gasteiger partial charge < -0.3 is 14.8 Å². The first-order valence-electron chi connectivity index (χ1n) is 7.04.